The zero-order valence-electron chi connectivity index (χ0n) is 12.2. The van der Waals surface area contributed by atoms with Crippen LogP contribution in [0.3, 0.4) is 0 Å². The van der Waals surface area contributed by atoms with Crippen LogP contribution in [0.5, 0.6) is 0 Å². The van der Waals surface area contributed by atoms with Crippen LogP contribution in [0.1, 0.15) is 50.4 Å². The van der Waals surface area contributed by atoms with Crippen molar-refractivity contribution in [2.45, 2.75) is 57.3 Å². The maximum Gasteiger partial charge on any atom is 0.244 e. The Bertz CT molecular complexity index is 547. The summed E-state index contributed by atoms with van der Waals surface area (Å²) in [6.45, 7) is 4.41. The molecule has 3 heteroatoms. The summed E-state index contributed by atoms with van der Waals surface area (Å²) in [5.41, 5.74) is 2.38. The van der Waals surface area contributed by atoms with Crippen LogP contribution in [0.2, 0.25) is 0 Å². The van der Waals surface area contributed by atoms with Gasteiger partial charge in [0.15, 0.2) is 0 Å². The van der Waals surface area contributed by atoms with Crippen molar-refractivity contribution in [3.8, 4) is 0 Å². The fourth-order valence-electron chi connectivity index (χ4n) is 3.45. The molecule has 1 heterocycles. The van der Waals surface area contributed by atoms with Gasteiger partial charge in [-0.2, -0.15) is 0 Å². The standard InChI is InChI=1S/C17H22N2O/c1-3-12-4-6-13(7-5-12)15-18-17(8-9-17)16(20)19(15)14-10-11(14)2/h4-7,11,14-15,18H,3,8-10H2,1-2H3. The highest BCUT2D eigenvalue weighted by atomic mass is 16.2. The number of aryl methyl sites for hydroxylation is 1. The first kappa shape index (κ1) is 12.4. The monoisotopic (exact) mass is 270 g/mol. The molecule has 3 aliphatic rings. The van der Waals surface area contributed by atoms with E-state index in [2.05, 4.69) is 48.3 Å². The molecule has 1 spiro atoms. The maximum atomic E-state index is 12.7. The Morgan fingerprint density at radius 1 is 1.30 bits per heavy atom. The third-order valence-corrected chi connectivity index (χ3v) is 5.21. The van der Waals surface area contributed by atoms with Crippen LogP contribution in [0, 0.1) is 5.92 Å². The molecule has 106 valence electrons. The third kappa shape index (κ3) is 1.72. The molecule has 1 N–H and O–H groups in total. The molecule has 1 aromatic rings. The molecule has 4 rings (SSSR count). The first-order chi connectivity index (χ1) is 9.64. The van der Waals surface area contributed by atoms with Crippen molar-refractivity contribution in [3.05, 3.63) is 35.4 Å². The minimum atomic E-state index is -0.212. The number of carbonyl (C=O) groups excluding carboxylic acids is 1. The second kappa shape index (κ2) is 4.08. The van der Waals surface area contributed by atoms with Gasteiger partial charge in [-0.1, -0.05) is 38.1 Å². The van der Waals surface area contributed by atoms with E-state index in [1.165, 1.54) is 11.1 Å². The van der Waals surface area contributed by atoms with Gasteiger partial charge in [-0.3, -0.25) is 10.1 Å². The molecule has 2 saturated carbocycles. The summed E-state index contributed by atoms with van der Waals surface area (Å²) in [6, 6.07) is 9.20. The fourth-order valence-corrected chi connectivity index (χ4v) is 3.45. The van der Waals surface area contributed by atoms with E-state index in [4.69, 9.17) is 0 Å². The highest BCUT2D eigenvalue weighted by Crippen LogP contribution is 2.51. The molecule has 3 atom stereocenters. The van der Waals surface area contributed by atoms with Crippen LogP contribution < -0.4 is 5.32 Å². The molecule has 1 saturated heterocycles. The molecule has 2 aliphatic carbocycles. The van der Waals surface area contributed by atoms with Crippen LogP contribution in [0.25, 0.3) is 0 Å². The van der Waals surface area contributed by atoms with Gasteiger partial charge in [0.05, 0.1) is 0 Å². The second-order valence-corrected chi connectivity index (χ2v) is 6.72. The quantitative estimate of drug-likeness (QED) is 0.915. The largest absolute Gasteiger partial charge is 0.318 e. The predicted octanol–water partition coefficient (Wildman–Crippen LogP) is 2.62. The predicted molar refractivity (Wildman–Crippen MR) is 78.1 cm³/mol. The van der Waals surface area contributed by atoms with Crippen molar-refractivity contribution in [1.29, 1.82) is 0 Å². The van der Waals surface area contributed by atoms with Gasteiger partial charge < -0.3 is 4.90 Å². The van der Waals surface area contributed by atoms with Gasteiger partial charge in [-0.05, 0) is 42.7 Å². The molecule has 3 fully saturated rings. The van der Waals surface area contributed by atoms with Gasteiger partial charge in [0, 0.05) is 6.04 Å². The number of nitrogens with one attached hydrogen (secondary N) is 1. The van der Waals surface area contributed by atoms with Gasteiger partial charge in [-0.15, -0.1) is 0 Å². The Hall–Kier alpha value is -1.35. The highest BCUT2D eigenvalue weighted by Gasteiger charge is 2.62. The summed E-state index contributed by atoms with van der Waals surface area (Å²) in [5, 5.41) is 3.61. The van der Waals surface area contributed by atoms with Crippen LogP contribution in [-0.4, -0.2) is 22.4 Å². The maximum absolute atomic E-state index is 12.7. The van der Waals surface area contributed by atoms with E-state index in [9.17, 15) is 4.79 Å². The molecule has 3 nitrogen and oxygen atoms in total. The van der Waals surface area contributed by atoms with Crippen LogP contribution in [0.4, 0.5) is 0 Å². The average Bonchev–Trinajstić information content (AvgIpc) is 3.36. The zero-order valence-corrected chi connectivity index (χ0v) is 12.2. The summed E-state index contributed by atoms with van der Waals surface area (Å²) in [7, 11) is 0. The Balaban J connectivity index is 1.66. The molecule has 1 amide bonds. The molecule has 0 aromatic heterocycles. The van der Waals surface area contributed by atoms with E-state index in [1.54, 1.807) is 0 Å². The van der Waals surface area contributed by atoms with E-state index in [1.807, 2.05) is 0 Å². The molecule has 20 heavy (non-hydrogen) atoms. The van der Waals surface area contributed by atoms with Gasteiger partial charge in [0.25, 0.3) is 0 Å². The normalized spacial score (nSPS) is 33.8. The van der Waals surface area contributed by atoms with Crippen molar-refractivity contribution in [1.82, 2.24) is 10.2 Å². The van der Waals surface area contributed by atoms with Crippen LogP contribution >= 0.6 is 0 Å². The van der Waals surface area contributed by atoms with Crippen molar-refractivity contribution >= 4 is 5.91 Å². The lowest BCUT2D eigenvalue weighted by molar-refractivity contribution is -0.131. The van der Waals surface area contributed by atoms with Crippen molar-refractivity contribution < 1.29 is 4.79 Å². The number of amides is 1. The molecule has 1 aromatic carbocycles. The van der Waals surface area contributed by atoms with Gasteiger partial charge in [0.1, 0.15) is 11.7 Å². The van der Waals surface area contributed by atoms with Crippen molar-refractivity contribution in [2.75, 3.05) is 0 Å². The smallest absolute Gasteiger partial charge is 0.244 e. The summed E-state index contributed by atoms with van der Waals surface area (Å²) in [6.07, 6.45) is 4.32. The van der Waals surface area contributed by atoms with Crippen LogP contribution in [-0.2, 0) is 11.2 Å². The SMILES string of the molecule is CCc1ccc(C2NC3(CC3)C(=O)N2C2CC2C)cc1. The number of carbonyl (C=O) groups is 1. The van der Waals surface area contributed by atoms with Crippen LogP contribution in [0.15, 0.2) is 24.3 Å². The second-order valence-electron chi connectivity index (χ2n) is 6.72. The summed E-state index contributed by atoms with van der Waals surface area (Å²) in [4.78, 5) is 14.8. The van der Waals surface area contributed by atoms with Gasteiger partial charge in [0.2, 0.25) is 5.91 Å². The van der Waals surface area contributed by atoms with E-state index in [-0.39, 0.29) is 11.7 Å². The summed E-state index contributed by atoms with van der Waals surface area (Å²) < 4.78 is 0. The molecule has 0 radical (unpaired) electrons. The summed E-state index contributed by atoms with van der Waals surface area (Å²) >= 11 is 0. The number of hydrogen-bond acceptors (Lipinski definition) is 2. The van der Waals surface area contributed by atoms with Gasteiger partial charge in [-0.25, -0.2) is 0 Å². The third-order valence-electron chi connectivity index (χ3n) is 5.21. The van der Waals surface area contributed by atoms with E-state index in [0.717, 1.165) is 25.7 Å². The molecule has 3 unspecified atom stereocenters. The minimum absolute atomic E-state index is 0.0888. The first-order valence-electron chi connectivity index (χ1n) is 7.84. The number of rotatable bonds is 3. The average molecular weight is 270 g/mol. The summed E-state index contributed by atoms with van der Waals surface area (Å²) in [5.74, 6) is 1.00. The number of hydrogen-bond donors (Lipinski definition) is 1. The Morgan fingerprint density at radius 2 is 1.95 bits per heavy atom. The molecular weight excluding hydrogens is 248 g/mol. The lowest BCUT2D eigenvalue weighted by Crippen LogP contribution is -2.34. The minimum Gasteiger partial charge on any atom is -0.318 e. The van der Waals surface area contributed by atoms with E-state index >= 15 is 0 Å². The van der Waals surface area contributed by atoms with Crippen molar-refractivity contribution in [3.63, 3.8) is 0 Å². The van der Waals surface area contributed by atoms with Crippen molar-refractivity contribution in [2.24, 2.45) is 5.92 Å². The Morgan fingerprint density at radius 3 is 2.45 bits per heavy atom. The highest BCUT2D eigenvalue weighted by molar-refractivity contribution is 5.92. The Labute approximate surface area is 120 Å². The fraction of sp³-hybridized carbons (Fsp3) is 0.588. The zero-order chi connectivity index (χ0) is 13.9. The Kier molecular flexibility index (Phi) is 2.53. The number of benzene rings is 1. The molecule has 0 bridgehead atoms. The first-order valence-corrected chi connectivity index (χ1v) is 7.84. The topological polar surface area (TPSA) is 32.3 Å². The lowest BCUT2D eigenvalue weighted by atomic mass is 10.1. The van der Waals surface area contributed by atoms with E-state index < -0.39 is 0 Å². The lowest BCUT2D eigenvalue weighted by Gasteiger charge is -2.25. The molecular formula is C17H22N2O. The molecule has 1 aliphatic heterocycles. The van der Waals surface area contributed by atoms with Gasteiger partial charge >= 0.3 is 0 Å². The number of nitrogens with zero attached hydrogens (tertiary/aromatic N) is 1. The van der Waals surface area contributed by atoms with E-state index in [0.29, 0.717) is 17.9 Å².